The number of aliphatic hydroxyl groups is 1. The second kappa shape index (κ2) is 13.2. The third-order valence-electron chi connectivity index (χ3n) is 8.21. The fraction of sp³-hybridized carbons (Fsp3) is 0.324. The Labute approximate surface area is 269 Å². The molecular formula is C34H33IN2O7. The second-order valence-electron chi connectivity index (χ2n) is 11.0. The highest BCUT2D eigenvalue weighted by atomic mass is 127. The Balaban J connectivity index is 1.36. The topological polar surface area (TPSA) is 114 Å². The Morgan fingerprint density at radius 1 is 0.977 bits per heavy atom. The number of esters is 1. The molecule has 4 atom stereocenters. The van der Waals surface area contributed by atoms with E-state index in [0.717, 1.165) is 14.7 Å². The summed E-state index contributed by atoms with van der Waals surface area (Å²) in [6.07, 6.45) is 0.795. The highest BCUT2D eigenvalue weighted by Gasteiger charge is 2.55. The van der Waals surface area contributed by atoms with Crippen LogP contribution in [0.15, 0.2) is 96.6 Å². The molecule has 2 amide bonds. The minimum absolute atomic E-state index is 0.0974. The van der Waals surface area contributed by atoms with Crippen LogP contribution in [0.1, 0.15) is 40.7 Å². The molecular weight excluding hydrogens is 675 g/mol. The fourth-order valence-electron chi connectivity index (χ4n) is 6.17. The van der Waals surface area contributed by atoms with Gasteiger partial charge in [0.1, 0.15) is 24.4 Å². The number of fused-ring (bicyclic) bond motifs is 1. The van der Waals surface area contributed by atoms with Crippen LogP contribution in [0, 0.1) is 3.57 Å². The molecule has 1 aliphatic carbocycles. The van der Waals surface area contributed by atoms with E-state index in [1.807, 2.05) is 66.7 Å². The van der Waals surface area contributed by atoms with Gasteiger partial charge < -0.3 is 29.5 Å². The van der Waals surface area contributed by atoms with Crippen LogP contribution in [0.5, 0.6) is 0 Å². The number of benzene rings is 3. The number of aliphatic hydroxyl groups excluding tert-OH is 1. The van der Waals surface area contributed by atoms with Crippen molar-refractivity contribution in [1.29, 1.82) is 0 Å². The fourth-order valence-corrected chi connectivity index (χ4v) is 6.71. The van der Waals surface area contributed by atoms with Crippen LogP contribution in [0.25, 0.3) is 0 Å². The van der Waals surface area contributed by atoms with Gasteiger partial charge in [-0.1, -0.05) is 66.7 Å². The summed E-state index contributed by atoms with van der Waals surface area (Å²) >= 11 is 2.14. The summed E-state index contributed by atoms with van der Waals surface area (Å²) in [6, 6.07) is 25.6. The maximum Gasteiger partial charge on any atom is 0.338 e. The lowest BCUT2D eigenvalue weighted by atomic mass is 9.91. The third-order valence-corrected chi connectivity index (χ3v) is 8.88. The zero-order chi connectivity index (χ0) is 30.7. The van der Waals surface area contributed by atoms with Crippen LogP contribution in [0.2, 0.25) is 0 Å². The molecule has 10 heteroatoms. The second-order valence-corrected chi connectivity index (χ2v) is 12.3. The Bertz CT molecular complexity index is 1510. The molecule has 0 spiro atoms. The largest absolute Gasteiger partial charge is 0.456 e. The van der Waals surface area contributed by atoms with Gasteiger partial charge in [0.2, 0.25) is 17.6 Å². The molecule has 228 valence electrons. The van der Waals surface area contributed by atoms with Gasteiger partial charge in [0.05, 0.1) is 12.2 Å². The number of nitrogens with one attached hydrogen (secondary N) is 1. The highest BCUT2D eigenvalue weighted by Crippen LogP contribution is 2.47. The Hall–Kier alpha value is -3.58. The first-order valence-electron chi connectivity index (χ1n) is 14.7. The summed E-state index contributed by atoms with van der Waals surface area (Å²) in [6.45, 7) is 0.353. The van der Waals surface area contributed by atoms with Crippen LogP contribution in [-0.4, -0.2) is 71.8 Å². The van der Waals surface area contributed by atoms with E-state index in [0.29, 0.717) is 30.5 Å². The number of hydrogen-bond donors (Lipinski definition) is 2. The number of nitrogens with zero attached hydrogens (tertiary/aromatic N) is 1. The number of amides is 2. The predicted octanol–water partition coefficient (Wildman–Crippen LogP) is 3.93. The lowest BCUT2D eigenvalue weighted by Gasteiger charge is -2.33. The molecule has 6 rings (SSSR count). The van der Waals surface area contributed by atoms with Crippen LogP contribution < -0.4 is 5.32 Å². The molecule has 0 saturated carbocycles. The zero-order valence-electron chi connectivity index (χ0n) is 23.9. The third kappa shape index (κ3) is 6.03. The highest BCUT2D eigenvalue weighted by molar-refractivity contribution is 14.1. The van der Waals surface area contributed by atoms with Gasteiger partial charge in [-0.05, 0) is 59.7 Å². The first-order valence-corrected chi connectivity index (χ1v) is 15.8. The summed E-state index contributed by atoms with van der Waals surface area (Å²) in [5.41, 5.74) is 2.33. The van der Waals surface area contributed by atoms with Crippen molar-refractivity contribution < 1.29 is 33.7 Å². The lowest BCUT2D eigenvalue weighted by Crippen LogP contribution is -2.49. The molecule has 2 heterocycles. The molecule has 0 aromatic heterocycles. The number of carbonyl (C=O) groups excluding carboxylic acids is 3. The standard InChI is InChI=1S/C34H33IN2O7/c35-26-14-7-9-22(19-26)33(41)42-28-20-23(32(40)37-17-8-15-27(37)31(39)36-16-18-38)21-29-30(28)44-34(43-29,24-10-3-1-4-11-24)25-12-5-2-6-13-25/h1-7,9-14,19,21,27-30,38H,8,15-18,20H2,(H,36,39)/t27-,28-,29-,30+/m1/s1. The Morgan fingerprint density at radius 2 is 1.68 bits per heavy atom. The van der Waals surface area contributed by atoms with E-state index in [1.165, 1.54) is 0 Å². The monoisotopic (exact) mass is 708 g/mol. The van der Waals surface area contributed by atoms with Crippen LogP contribution >= 0.6 is 22.6 Å². The zero-order valence-corrected chi connectivity index (χ0v) is 26.1. The van der Waals surface area contributed by atoms with Crippen LogP contribution in [0.3, 0.4) is 0 Å². The number of hydrogen-bond acceptors (Lipinski definition) is 7. The molecule has 3 aromatic carbocycles. The Kier molecular flexibility index (Phi) is 9.13. The van der Waals surface area contributed by atoms with Gasteiger partial charge in [-0.3, -0.25) is 9.59 Å². The van der Waals surface area contributed by atoms with Gasteiger partial charge in [0, 0.05) is 39.8 Å². The van der Waals surface area contributed by atoms with Gasteiger partial charge in [0.25, 0.3) is 0 Å². The molecule has 44 heavy (non-hydrogen) atoms. The summed E-state index contributed by atoms with van der Waals surface area (Å²) in [4.78, 5) is 41.8. The Morgan fingerprint density at radius 3 is 2.34 bits per heavy atom. The van der Waals surface area contributed by atoms with Gasteiger partial charge in [-0.15, -0.1) is 0 Å². The van der Waals surface area contributed by atoms with Crippen LogP contribution in [0.4, 0.5) is 0 Å². The van der Waals surface area contributed by atoms with Crippen molar-refractivity contribution in [2.75, 3.05) is 19.7 Å². The maximum absolute atomic E-state index is 14.0. The van der Waals surface area contributed by atoms with Gasteiger partial charge in [0.15, 0.2) is 0 Å². The average Bonchev–Trinajstić information content (AvgIpc) is 3.71. The summed E-state index contributed by atoms with van der Waals surface area (Å²) < 4.78 is 20.6. The van der Waals surface area contributed by atoms with E-state index in [9.17, 15) is 14.4 Å². The van der Waals surface area contributed by atoms with Crippen molar-refractivity contribution >= 4 is 40.4 Å². The lowest BCUT2D eigenvalue weighted by molar-refractivity contribution is -0.157. The van der Waals surface area contributed by atoms with E-state index in [2.05, 4.69) is 27.9 Å². The number of likely N-dealkylation sites (tertiary alicyclic amines) is 1. The van der Waals surface area contributed by atoms with Crippen LogP contribution in [-0.2, 0) is 29.6 Å². The van der Waals surface area contributed by atoms with Crippen molar-refractivity contribution in [3.8, 4) is 0 Å². The van der Waals surface area contributed by atoms with E-state index < -0.39 is 36.1 Å². The number of halogens is 1. The molecule has 2 fully saturated rings. The maximum atomic E-state index is 14.0. The molecule has 2 saturated heterocycles. The van der Waals surface area contributed by atoms with Crippen molar-refractivity contribution in [1.82, 2.24) is 10.2 Å². The summed E-state index contributed by atoms with van der Waals surface area (Å²) in [5, 5.41) is 11.8. The minimum Gasteiger partial charge on any atom is -0.456 e. The number of ether oxygens (including phenoxy) is 3. The molecule has 3 aliphatic rings. The smallest absolute Gasteiger partial charge is 0.338 e. The van der Waals surface area contributed by atoms with Gasteiger partial charge in [-0.25, -0.2) is 4.79 Å². The molecule has 2 N–H and O–H groups in total. The molecule has 0 unspecified atom stereocenters. The van der Waals surface area contributed by atoms with Gasteiger partial charge >= 0.3 is 5.97 Å². The molecule has 9 nitrogen and oxygen atoms in total. The number of carbonyl (C=O) groups is 3. The van der Waals surface area contributed by atoms with E-state index in [-0.39, 0.29) is 31.4 Å². The van der Waals surface area contributed by atoms with Crippen molar-refractivity contribution in [3.05, 3.63) is 117 Å². The number of rotatable bonds is 8. The predicted molar refractivity (Wildman–Crippen MR) is 169 cm³/mol. The average molecular weight is 709 g/mol. The molecule has 0 bridgehead atoms. The molecule has 3 aromatic rings. The van der Waals surface area contributed by atoms with Crippen molar-refractivity contribution in [2.45, 2.75) is 49.4 Å². The van der Waals surface area contributed by atoms with E-state index in [4.69, 9.17) is 19.3 Å². The summed E-state index contributed by atoms with van der Waals surface area (Å²) in [7, 11) is 0. The normalized spacial score (nSPS) is 23.9. The van der Waals surface area contributed by atoms with Crippen molar-refractivity contribution in [2.24, 2.45) is 0 Å². The van der Waals surface area contributed by atoms with E-state index >= 15 is 0 Å². The quantitative estimate of drug-likeness (QED) is 0.270. The SMILES string of the molecule is O=C(O[C@@H]1CC(C(=O)N2CCC[C@@H]2C(=O)NCCO)=C[C@H]2OC(c3ccccc3)(c3ccccc3)O[C@H]21)c1cccc(I)c1. The van der Waals surface area contributed by atoms with Crippen molar-refractivity contribution in [3.63, 3.8) is 0 Å². The minimum atomic E-state index is -1.31. The first-order chi connectivity index (χ1) is 21.4. The van der Waals surface area contributed by atoms with E-state index in [1.54, 1.807) is 29.2 Å². The summed E-state index contributed by atoms with van der Waals surface area (Å²) in [5.74, 6) is -2.43. The first kappa shape index (κ1) is 30.4. The molecule has 0 radical (unpaired) electrons. The van der Waals surface area contributed by atoms with Gasteiger partial charge in [-0.2, -0.15) is 0 Å². The molecule has 2 aliphatic heterocycles.